The lowest BCUT2D eigenvalue weighted by Gasteiger charge is -2.40. The van der Waals surface area contributed by atoms with E-state index in [0.717, 1.165) is 18.6 Å². The number of primary amides is 1. The van der Waals surface area contributed by atoms with Gasteiger partial charge in [0.25, 0.3) is 0 Å². The van der Waals surface area contributed by atoms with Crippen LogP contribution < -0.4 is 11.2 Å². The summed E-state index contributed by atoms with van der Waals surface area (Å²) in [5.41, 5.74) is 12.1. The average molecular weight is 263 g/mol. The molecule has 1 atom stereocenters. The molecule has 0 aliphatic heterocycles. The molecule has 2 rings (SSSR count). The molecular weight excluding hydrogens is 238 g/mol. The monoisotopic (exact) mass is 263 g/mol. The third-order valence-corrected chi connectivity index (χ3v) is 4.70. The molecule has 4 heteroatoms. The van der Waals surface area contributed by atoms with Gasteiger partial charge >= 0.3 is 6.03 Å². The second-order valence-corrected chi connectivity index (χ2v) is 6.49. The predicted molar refractivity (Wildman–Crippen MR) is 77.8 cm³/mol. The van der Waals surface area contributed by atoms with Gasteiger partial charge in [-0.2, -0.15) is 5.10 Å². The standard InChI is InChI=1S/C15H25N3O/c1-10(17-18-14(16)19)12-7-6-11-5-4-8-15(2,3)13(11)9-12/h12H,4-9H2,1-3H3,(H3,16,18,19)/t12-/m0/s1. The number of hydrazone groups is 1. The Bertz CT molecular complexity index is 435. The maximum Gasteiger partial charge on any atom is 0.332 e. The Morgan fingerprint density at radius 2 is 2.16 bits per heavy atom. The average Bonchev–Trinajstić information content (AvgIpc) is 2.35. The van der Waals surface area contributed by atoms with Crippen molar-refractivity contribution in [2.45, 2.75) is 59.3 Å². The summed E-state index contributed by atoms with van der Waals surface area (Å²) in [4.78, 5) is 10.7. The molecule has 19 heavy (non-hydrogen) atoms. The number of urea groups is 1. The lowest BCUT2D eigenvalue weighted by molar-refractivity contribution is 0.249. The van der Waals surface area contributed by atoms with Crippen molar-refractivity contribution in [2.24, 2.45) is 22.2 Å². The number of carbonyl (C=O) groups is 1. The van der Waals surface area contributed by atoms with E-state index in [1.54, 1.807) is 11.1 Å². The highest BCUT2D eigenvalue weighted by atomic mass is 16.2. The normalized spacial score (nSPS) is 26.9. The second-order valence-electron chi connectivity index (χ2n) is 6.49. The van der Waals surface area contributed by atoms with Gasteiger partial charge < -0.3 is 5.73 Å². The van der Waals surface area contributed by atoms with E-state index in [0.29, 0.717) is 11.3 Å². The molecule has 0 saturated heterocycles. The molecule has 3 N–H and O–H groups in total. The Balaban J connectivity index is 2.11. The molecule has 0 saturated carbocycles. The molecule has 0 radical (unpaired) electrons. The van der Waals surface area contributed by atoms with Gasteiger partial charge in [0.2, 0.25) is 0 Å². The van der Waals surface area contributed by atoms with Gasteiger partial charge in [-0.3, -0.25) is 0 Å². The van der Waals surface area contributed by atoms with Gasteiger partial charge in [0, 0.05) is 11.6 Å². The minimum absolute atomic E-state index is 0.337. The molecular formula is C15H25N3O. The summed E-state index contributed by atoms with van der Waals surface area (Å²) in [6.07, 6.45) is 7.32. The molecule has 0 heterocycles. The van der Waals surface area contributed by atoms with Crippen molar-refractivity contribution in [3.8, 4) is 0 Å². The SMILES string of the molecule is CC(=NNC(N)=O)[C@H]1CCC2=C(C1)C(C)(C)CCC2. The van der Waals surface area contributed by atoms with Crippen molar-refractivity contribution >= 4 is 11.7 Å². The van der Waals surface area contributed by atoms with Crippen LogP contribution in [0.2, 0.25) is 0 Å². The van der Waals surface area contributed by atoms with Crippen LogP contribution in [0.4, 0.5) is 4.79 Å². The summed E-state index contributed by atoms with van der Waals surface area (Å²) in [6.45, 7) is 6.71. The zero-order valence-electron chi connectivity index (χ0n) is 12.3. The zero-order valence-corrected chi connectivity index (χ0v) is 12.3. The highest BCUT2D eigenvalue weighted by Crippen LogP contribution is 2.47. The molecule has 2 aliphatic rings. The maximum absolute atomic E-state index is 10.7. The molecule has 106 valence electrons. The van der Waals surface area contributed by atoms with Crippen LogP contribution in [0.1, 0.15) is 59.3 Å². The number of hydrogen-bond donors (Lipinski definition) is 2. The molecule has 0 aromatic rings. The number of allylic oxidation sites excluding steroid dienone is 2. The lowest BCUT2D eigenvalue weighted by atomic mass is 9.65. The number of hydrogen-bond acceptors (Lipinski definition) is 2. The Morgan fingerprint density at radius 3 is 2.84 bits per heavy atom. The molecule has 0 aromatic heterocycles. The summed E-state index contributed by atoms with van der Waals surface area (Å²) < 4.78 is 0. The van der Waals surface area contributed by atoms with Crippen molar-refractivity contribution in [2.75, 3.05) is 0 Å². The van der Waals surface area contributed by atoms with Gasteiger partial charge in [-0.25, -0.2) is 10.2 Å². The van der Waals surface area contributed by atoms with Crippen LogP contribution in [0, 0.1) is 11.3 Å². The van der Waals surface area contributed by atoms with Gasteiger partial charge in [0.05, 0.1) is 0 Å². The molecule has 4 nitrogen and oxygen atoms in total. The second kappa shape index (κ2) is 5.35. The number of nitrogens with zero attached hydrogens (tertiary/aromatic N) is 1. The van der Waals surface area contributed by atoms with Gasteiger partial charge in [-0.15, -0.1) is 0 Å². The highest BCUT2D eigenvalue weighted by Gasteiger charge is 2.34. The van der Waals surface area contributed by atoms with E-state index < -0.39 is 6.03 Å². The fraction of sp³-hybridized carbons (Fsp3) is 0.733. The number of rotatable bonds is 2. The highest BCUT2D eigenvalue weighted by molar-refractivity contribution is 5.86. The molecule has 2 aliphatic carbocycles. The molecule has 0 aromatic carbocycles. The third kappa shape index (κ3) is 3.17. The summed E-state index contributed by atoms with van der Waals surface area (Å²) in [6, 6.07) is -0.590. The largest absolute Gasteiger partial charge is 0.350 e. The minimum Gasteiger partial charge on any atom is -0.350 e. The first-order valence-corrected chi connectivity index (χ1v) is 7.21. The number of nitrogens with two attached hydrogens (primary N) is 1. The zero-order chi connectivity index (χ0) is 14.0. The van der Waals surface area contributed by atoms with Gasteiger partial charge in [-0.05, 0) is 50.9 Å². The van der Waals surface area contributed by atoms with Crippen molar-refractivity contribution in [1.29, 1.82) is 0 Å². The van der Waals surface area contributed by atoms with Crippen molar-refractivity contribution in [3.05, 3.63) is 11.1 Å². The fourth-order valence-corrected chi connectivity index (χ4v) is 3.51. The van der Waals surface area contributed by atoms with Gasteiger partial charge in [0.1, 0.15) is 0 Å². The van der Waals surface area contributed by atoms with E-state index in [2.05, 4.69) is 24.4 Å². The number of amides is 2. The first kappa shape index (κ1) is 14.1. The summed E-state index contributed by atoms with van der Waals surface area (Å²) in [7, 11) is 0. The number of carbonyl (C=O) groups excluding carboxylic acids is 1. The lowest BCUT2D eigenvalue weighted by Crippen LogP contribution is -2.30. The van der Waals surface area contributed by atoms with Gasteiger partial charge in [-0.1, -0.05) is 25.0 Å². The summed E-state index contributed by atoms with van der Waals surface area (Å²) >= 11 is 0. The first-order chi connectivity index (χ1) is 8.90. The Morgan fingerprint density at radius 1 is 1.42 bits per heavy atom. The van der Waals surface area contributed by atoms with E-state index >= 15 is 0 Å². The van der Waals surface area contributed by atoms with E-state index in [9.17, 15) is 4.79 Å². The van der Waals surface area contributed by atoms with Crippen LogP contribution in [-0.4, -0.2) is 11.7 Å². The summed E-state index contributed by atoms with van der Waals surface area (Å²) in [5, 5.41) is 4.10. The Kier molecular flexibility index (Phi) is 3.97. The number of nitrogens with one attached hydrogen (secondary N) is 1. The molecule has 2 amide bonds. The first-order valence-electron chi connectivity index (χ1n) is 7.21. The molecule has 0 unspecified atom stereocenters. The van der Waals surface area contributed by atoms with E-state index in [1.165, 1.54) is 25.7 Å². The Hall–Kier alpha value is -1.32. The van der Waals surface area contributed by atoms with Crippen LogP contribution in [0.5, 0.6) is 0 Å². The Labute approximate surface area is 115 Å². The molecule has 0 fully saturated rings. The fourth-order valence-electron chi connectivity index (χ4n) is 3.51. The van der Waals surface area contributed by atoms with E-state index in [4.69, 9.17) is 5.73 Å². The van der Waals surface area contributed by atoms with Crippen LogP contribution in [0.25, 0.3) is 0 Å². The third-order valence-electron chi connectivity index (χ3n) is 4.70. The minimum atomic E-state index is -0.590. The van der Waals surface area contributed by atoms with Crippen molar-refractivity contribution in [3.63, 3.8) is 0 Å². The quantitative estimate of drug-likeness (QED) is 0.448. The van der Waals surface area contributed by atoms with Crippen LogP contribution in [0.15, 0.2) is 16.2 Å². The van der Waals surface area contributed by atoms with E-state index in [1.807, 2.05) is 6.92 Å². The van der Waals surface area contributed by atoms with Crippen molar-refractivity contribution < 1.29 is 4.79 Å². The summed E-state index contributed by atoms with van der Waals surface area (Å²) in [5.74, 6) is 0.447. The molecule has 0 spiro atoms. The molecule has 0 bridgehead atoms. The topological polar surface area (TPSA) is 67.5 Å². The predicted octanol–water partition coefficient (Wildman–Crippen LogP) is 3.34. The maximum atomic E-state index is 10.7. The van der Waals surface area contributed by atoms with Crippen molar-refractivity contribution in [1.82, 2.24) is 5.43 Å². The van der Waals surface area contributed by atoms with Gasteiger partial charge in [0.15, 0.2) is 0 Å². The smallest absolute Gasteiger partial charge is 0.332 e. The van der Waals surface area contributed by atoms with E-state index in [-0.39, 0.29) is 0 Å². The van der Waals surface area contributed by atoms with Crippen LogP contribution in [0.3, 0.4) is 0 Å². The van der Waals surface area contributed by atoms with Crippen LogP contribution in [-0.2, 0) is 0 Å². The van der Waals surface area contributed by atoms with Crippen LogP contribution >= 0.6 is 0 Å².